The SMILES string of the molecule is COCCc1ccc(OCCCC(=O)N2CCCC(N)C2)cc1.Cl. The van der Waals surface area contributed by atoms with Gasteiger partial charge in [0.2, 0.25) is 5.91 Å². The smallest absolute Gasteiger partial charge is 0.222 e. The van der Waals surface area contributed by atoms with Gasteiger partial charge in [0.05, 0.1) is 13.2 Å². The molecule has 1 atom stereocenters. The highest BCUT2D eigenvalue weighted by molar-refractivity contribution is 5.85. The fourth-order valence-electron chi connectivity index (χ4n) is 2.78. The number of amides is 1. The van der Waals surface area contributed by atoms with Gasteiger partial charge in [0.1, 0.15) is 5.75 Å². The summed E-state index contributed by atoms with van der Waals surface area (Å²) in [6.07, 6.45) is 4.20. The Bertz CT molecular complexity index is 482. The molecular formula is C18H29ClN2O3. The molecule has 6 heteroatoms. The first-order chi connectivity index (χ1) is 11.2. The van der Waals surface area contributed by atoms with Gasteiger partial charge in [-0.1, -0.05) is 12.1 Å². The molecule has 136 valence electrons. The van der Waals surface area contributed by atoms with Crippen LogP contribution in [0.5, 0.6) is 5.75 Å². The number of nitrogens with two attached hydrogens (primary N) is 1. The monoisotopic (exact) mass is 356 g/mol. The van der Waals surface area contributed by atoms with E-state index >= 15 is 0 Å². The fraction of sp³-hybridized carbons (Fsp3) is 0.611. The molecule has 2 rings (SSSR count). The van der Waals surface area contributed by atoms with Gasteiger partial charge in [0, 0.05) is 32.7 Å². The summed E-state index contributed by atoms with van der Waals surface area (Å²) in [6.45, 7) is 2.82. The number of carbonyl (C=O) groups excluding carboxylic acids is 1. The number of methoxy groups -OCH3 is 1. The lowest BCUT2D eigenvalue weighted by atomic mass is 10.1. The molecule has 1 fully saturated rings. The molecule has 0 aromatic heterocycles. The molecule has 1 heterocycles. The molecule has 1 unspecified atom stereocenters. The molecule has 0 aliphatic carbocycles. The minimum Gasteiger partial charge on any atom is -0.494 e. The number of piperidine rings is 1. The summed E-state index contributed by atoms with van der Waals surface area (Å²) in [4.78, 5) is 14.0. The normalized spacial score (nSPS) is 17.2. The van der Waals surface area contributed by atoms with Crippen molar-refractivity contribution in [2.24, 2.45) is 5.73 Å². The Labute approximate surface area is 150 Å². The average molecular weight is 357 g/mol. The van der Waals surface area contributed by atoms with Crippen molar-refractivity contribution in [2.45, 2.75) is 38.1 Å². The van der Waals surface area contributed by atoms with E-state index in [1.165, 1.54) is 5.56 Å². The molecule has 1 saturated heterocycles. The first-order valence-electron chi connectivity index (χ1n) is 8.43. The first kappa shape index (κ1) is 20.7. The highest BCUT2D eigenvalue weighted by atomic mass is 35.5. The number of likely N-dealkylation sites (tertiary alicyclic amines) is 1. The molecule has 1 aliphatic heterocycles. The summed E-state index contributed by atoms with van der Waals surface area (Å²) in [5.41, 5.74) is 7.14. The number of rotatable bonds is 8. The maximum absolute atomic E-state index is 12.1. The maximum atomic E-state index is 12.1. The van der Waals surface area contributed by atoms with Crippen molar-refractivity contribution in [2.75, 3.05) is 33.4 Å². The third kappa shape index (κ3) is 7.07. The van der Waals surface area contributed by atoms with Gasteiger partial charge >= 0.3 is 0 Å². The van der Waals surface area contributed by atoms with Gasteiger partial charge < -0.3 is 20.1 Å². The molecule has 0 saturated carbocycles. The predicted octanol–water partition coefficient (Wildman–Crippen LogP) is 2.41. The van der Waals surface area contributed by atoms with Gasteiger partial charge in [-0.05, 0) is 43.4 Å². The second-order valence-electron chi connectivity index (χ2n) is 6.08. The van der Waals surface area contributed by atoms with Crippen LogP contribution in [0, 0.1) is 0 Å². The number of carbonyl (C=O) groups is 1. The van der Waals surface area contributed by atoms with Crippen LogP contribution in [0.4, 0.5) is 0 Å². The zero-order valence-electron chi connectivity index (χ0n) is 14.4. The van der Waals surface area contributed by atoms with Crippen molar-refractivity contribution in [1.29, 1.82) is 0 Å². The summed E-state index contributed by atoms with van der Waals surface area (Å²) in [6, 6.07) is 8.18. The Hall–Kier alpha value is -1.30. The van der Waals surface area contributed by atoms with E-state index in [0.29, 0.717) is 19.6 Å². The van der Waals surface area contributed by atoms with Crippen molar-refractivity contribution in [3.63, 3.8) is 0 Å². The zero-order chi connectivity index (χ0) is 16.5. The van der Waals surface area contributed by atoms with Gasteiger partial charge in [-0.25, -0.2) is 0 Å². The zero-order valence-corrected chi connectivity index (χ0v) is 15.2. The van der Waals surface area contributed by atoms with E-state index in [9.17, 15) is 4.79 Å². The van der Waals surface area contributed by atoms with Crippen molar-refractivity contribution in [3.8, 4) is 5.75 Å². The summed E-state index contributed by atoms with van der Waals surface area (Å²) < 4.78 is 10.8. The van der Waals surface area contributed by atoms with E-state index in [-0.39, 0.29) is 24.4 Å². The third-order valence-electron chi connectivity index (χ3n) is 4.13. The van der Waals surface area contributed by atoms with Gasteiger partial charge in [-0.15, -0.1) is 12.4 Å². The molecule has 0 spiro atoms. The van der Waals surface area contributed by atoms with Crippen LogP contribution >= 0.6 is 12.4 Å². The summed E-state index contributed by atoms with van der Waals surface area (Å²) >= 11 is 0. The minimum atomic E-state index is 0. The molecular weight excluding hydrogens is 328 g/mol. The fourth-order valence-corrected chi connectivity index (χ4v) is 2.78. The van der Waals surface area contributed by atoms with Crippen LogP contribution in [0.25, 0.3) is 0 Å². The number of hydrogen-bond acceptors (Lipinski definition) is 4. The van der Waals surface area contributed by atoms with Gasteiger partial charge in [0.15, 0.2) is 0 Å². The van der Waals surface area contributed by atoms with Crippen LogP contribution < -0.4 is 10.5 Å². The molecule has 0 bridgehead atoms. The molecule has 1 aromatic carbocycles. The van der Waals surface area contributed by atoms with E-state index in [2.05, 4.69) is 12.1 Å². The van der Waals surface area contributed by atoms with E-state index in [1.807, 2.05) is 17.0 Å². The number of benzene rings is 1. The topological polar surface area (TPSA) is 64.8 Å². The third-order valence-corrected chi connectivity index (χ3v) is 4.13. The average Bonchev–Trinajstić information content (AvgIpc) is 2.57. The predicted molar refractivity (Wildman–Crippen MR) is 97.8 cm³/mol. The standard InChI is InChI=1S/C18H28N2O3.ClH/c1-22-13-10-15-6-8-17(9-7-15)23-12-3-5-18(21)20-11-2-4-16(19)14-20;/h6-9,16H,2-5,10-14,19H2,1H3;1H. The lowest BCUT2D eigenvalue weighted by Crippen LogP contribution is -2.45. The van der Waals surface area contributed by atoms with E-state index in [1.54, 1.807) is 7.11 Å². The van der Waals surface area contributed by atoms with Crippen molar-refractivity contribution in [1.82, 2.24) is 4.90 Å². The van der Waals surface area contributed by atoms with E-state index in [0.717, 1.165) is 44.6 Å². The Morgan fingerprint density at radius 2 is 2.04 bits per heavy atom. The van der Waals surface area contributed by atoms with Crippen LogP contribution in [0.2, 0.25) is 0 Å². The summed E-state index contributed by atoms with van der Waals surface area (Å²) in [5, 5.41) is 0. The van der Waals surface area contributed by atoms with Crippen molar-refractivity contribution < 1.29 is 14.3 Å². The van der Waals surface area contributed by atoms with Crippen molar-refractivity contribution in [3.05, 3.63) is 29.8 Å². The lowest BCUT2D eigenvalue weighted by molar-refractivity contribution is -0.132. The Balaban J connectivity index is 0.00000288. The number of halogens is 1. The maximum Gasteiger partial charge on any atom is 0.222 e. The molecule has 24 heavy (non-hydrogen) atoms. The van der Waals surface area contributed by atoms with Crippen LogP contribution in [-0.4, -0.2) is 50.3 Å². The van der Waals surface area contributed by atoms with Gasteiger partial charge in [-0.3, -0.25) is 4.79 Å². The van der Waals surface area contributed by atoms with E-state index < -0.39 is 0 Å². The van der Waals surface area contributed by atoms with Gasteiger partial charge in [0.25, 0.3) is 0 Å². The first-order valence-corrected chi connectivity index (χ1v) is 8.43. The summed E-state index contributed by atoms with van der Waals surface area (Å²) in [5.74, 6) is 1.04. The van der Waals surface area contributed by atoms with Crippen LogP contribution in [-0.2, 0) is 16.0 Å². The second-order valence-corrected chi connectivity index (χ2v) is 6.08. The quantitative estimate of drug-likeness (QED) is 0.726. The van der Waals surface area contributed by atoms with Crippen LogP contribution in [0.15, 0.2) is 24.3 Å². The Morgan fingerprint density at radius 3 is 2.71 bits per heavy atom. The van der Waals surface area contributed by atoms with Crippen LogP contribution in [0.1, 0.15) is 31.2 Å². The summed E-state index contributed by atoms with van der Waals surface area (Å²) in [7, 11) is 1.70. The lowest BCUT2D eigenvalue weighted by Gasteiger charge is -2.30. The molecule has 5 nitrogen and oxygen atoms in total. The van der Waals surface area contributed by atoms with E-state index in [4.69, 9.17) is 15.2 Å². The number of ether oxygens (including phenoxy) is 2. The Morgan fingerprint density at radius 1 is 1.29 bits per heavy atom. The highest BCUT2D eigenvalue weighted by Gasteiger charge is 2.20. The van der Waals surface area contributed by atoms with Gasteiger partial charge in [-0.2, -0.15) is 0 Å². The Kier molecular flexibility index (Phi) is 9.76. The minimum absolute atomic E-state index is 0. The molecule has 1 aromatic rings. The van der Waals surface area contributed by atoms with Crippen LogP contribution in [0.3, 0.4) is 0 Å². The highest BCUT2D eigenvalue weighted by Crippen LogP contribution is 2.14. The number of hydrogen-bond donors (Lipinski definition) is 1. The second kappa shape index (κ2) is 11.3. The largest absolute Gasteiger partial charge is 0.494 e. The van der Waals surface area contributed by atoms with Crippen molar-refractivity contribution >= 4 is 18.3 Å². The number of nitrogens with zero attached hydrogens (tertiary/aromatic N) is 1. The molecule has 1 amide bonds. The molecule has 2 N–H and O–H groups in total. The molecule has 0 radical (unpaired) electrons. The molecule has 1 aliphatic rings.